The Kier molecular flexibility index (Phi) is 6.29. The van der Waals surface area contributed by atoms with Crippen LogP contribution in [0.1, 0.15) is 23.0 Å². The largest absolute Gasteiger partial charge is 0.497 e. The molecule has 0 radical (unpaired) electrons. The lowest BCUT2D eigenvalue weighted by molar-refractivity contribution is -0.139. The molecule has 3 aromatic rings. The molecule has 164 valence electrons. The van der Waals surface area contributed by atoms with Crippen LogP contribution < -0.4 is 4.74 Å². The maximum Gasteiger partial charge on any atom is 0.270 e. The van der Waals surface area contributed by atoms with E-state index in [-0.39, 0.29) is 24.5 Å². The van der Waals surface area contributed by atoms with Gasteiger partial charge < -0.3 is 23.8 Å². The topological polar surface area (TPSA) is 64.0 Å². The number of fused-ring (bicyclic) bond motifs is 1. The number of aromatic nitrogens is 1. The van der Waals surface area contributed by atoms with Crippen molar-refractivity contribution in [3.05, 3.63) is 53.0 Å². The second kappa shape index (κ2) is 9.11. The number of rotatable bonds is 6. The van der Waals surface area contributed by atoms with Gasteiger partial charge in [-0.15, -0.1) is 11.3 Å². The van der Waals surface area contributed by atoms with Gasteiger partial charge in [0.25, 0.3) is 5.91 Å². The molecule has 2 amide bonds. The summed E-state index contributed by atoms with van der Waals surface area (Å²) in [6.07, 6.45) is 0. The first kappa shape index (κ1) is 21.4. The average molecular weight is 442 g/mol. The van der Waals surface area contributed by atoms with Crippen molar-refractivity contribution in [2.75, 3.05) is 40.5 Å². The van der Waals surface area contributed by atoms with Gasteiger partial charge >= 0.3 is 0 Å². The molecular weight excluding hydrogens is 414 g/mol. The van der Waals surface area contributed by atoms with Gasteiger partial charge in [0.05, 0.1) is 7.11 Å². The van der Waals surface area contributed by atoms with Gasteiger partial charge in [0.2, 0.25) is 5.91 Å². The summed E-state index contributed by atoms with van der Waals surface area (Å²) in [5.41, 5.74) is 1.75. The van der Waals surface area contributed by atoms with Gasteiger partial charge in [0, 0.05) is 44.7 Å². The summed E-state index contributed by atoms with van der Waals surface area (Å²) in [6.45, 7) is 4.16. The molecule has 1 aliphatic heterocycles. The lowest BCUT2D eigenvalue weighted by atomic mass is 10.1. The van der Waals surface area contributed by atoms with E-state index in [9.17, 15) is 9.59 Å². The Hall–Kier alpha value is -2.84. The zero-order valence-corrected chi connectivity index (χ0v) is 18.9. The number of benzene rings is 1. The van der Waals surface area contributed by atoms with Crippen LogP contribution in [0.15, 0.2) is 41.8 Å². The molecule has 1 fully saturated rings. The van der Waals surface area contributed by atoms with Crippen molar-refractivity contribution in [3.8, 4) is 5.75 Å². The zero-order chi connectivity index (χ0) is 22.0. The van der Waals surface area contributed by atoms with Gasteiger partial charge in [-0.2, -0.15) is 0 Å². The Labute approximate surface area is 185 Å². The molecule has 3 heterocycles. The van der Waals surface area contributed by atoms with Crippen molar-refractivity contribution in [1.82, 2.24) is 14.4 Å². The number of carbonyl (C=O) groups excluding carboxylic acids is 2. The summed E-state index contributed by atoms with van der Waals surface area (Å²) >= 11 is 1.63. The highest BCUT2D eigenvalue weighted by molar-refractivity contribution is 7.16. The van der Waals surface area contributed by atoms with E-state index in [1.54, 1.807) is 23.3 Å². The molecule has 2 aromatic heterocycles. The maximum atomic E-state index is 13.5. The Balaban J connectivity index is 1.58. The second-order valence-corrected chi connectivity index (χ2v) is 8.66. The Morgan fingerprint density at radius 1 is 1.16 bits per heavy atom. The van der Waals surface area contributed by atoms with Crippen molar-refractivity contribution in [2.45, 2.75) is 19.5 Å². The normalized spacial score (nSPS) is 16.7. The van der Waals surface area contributed by atoms with E-state index in [0.29, 0.717) is 31.9 Å². The van der Waals surface area contributed by atoms with Crippen LogP contribution in [0.3, 0.4) is 0 Å². The van der Waals surface area contributed by atoms with Gasteiger partial charge in [0.15, 0.2) is 0 Å². The van der Waals surface area contributed by atoms with Crippen molar-refractivity contribution >= 4 is 33.4 Å². The number of hydrogen-bond donors (Lipinski definition) is 0. The molecule has 31 heavy (non-hydrogen) atoms. The number of hydrogen-bond acceptors (Lipinski definition) is 5. The maximum absolute atomic E-state index is 13.5. The SMILES string of the molecule is COCC(=O)N1CCN(C(=O)c2cc3ccsc3n2Cc2cccc(OC)c2)C[C@H]1C. The fourth-order valence-corrected chi connectivity index (χ4v) is 5.04. The molecule has 4 rings (SSSR count). The highest BCUT2D eigenvalue weighted by atomic mass is 32.1. The van der Waals surface area contributed by atoms with Crippen LogP contribution in [0, 0.1) is 0 Å². The molecule has 0 spiro atoms. The average Bonchev–Trinajstić information content (AvgIpc) is 3.36. The zero-order valence-electron chi connectivity index (χ0n) is 18.0. The number of carbonyl (C=O) groups is 2. The first-order valence-electron chi connectivity index (χ1n) is 10.3. The Bertz CT molecular complexity index is 1090. The van der Waals surface area contributed by atoms with Gasteiger partial charge in [-0.3, -0.25) is 9.59 Å². The molecule has 7 nitrogen and oxygen atoms in total. The number of amides is 2. The molecule has 0 aliphatic carbocycles. The molecule has 8 heteroatoms. The van der Waals surface area contributed by atoms with Crippen LogP contribution in [-0.2, 0) is 16.1 Å². The van der Waals surface area contributed by atoms with E-state index in [2.05, 4.69) is 4.57 Å². The third kappa shape index (κ3) is 4.31. The lowest BCUT2D eigenvalue weighted by Crippen LogP contribution is -2.56. The fraction of sp³-hybridized carbons (Fsp3) is 0.391. The summed E-state index contributed by atoms with van der Waals surface area (Å²) in [4.78, 5) is 30.5. The molecule has 1 atom stereocenters. The highest BCUT2D eigenvalue weighted by Gasteiger charge is 2.31. The number of piperazine rings is 1. The minimum atomic E-state index is -0.0525. The van der Waals surface area contributed by atoms with Crippen molar-refractivity contribution in [2.24, 2.45) is 0 Å². The summed E-state index contributed by atoms with van der Waals surface area (Å²) in [7, 11) is 3.17. The molecule has 0 unspecified atom stereocenters. The molecule has 0 N–H and O–H groups in total. The van der Waals surface area contributed by atoms with Crippen LogP contribution in [0.4, 0.5) is 0 Å². The van der Waals surface area contributed by atoms with Crippen molar-refractivity contribution in [1.29, 1.82) is 0 Å². The number of ether oxygens (including phenoxy) is 2. The van der Waals surface area contributed by atoms with Gasteiger partial charge in [-0.25, -0.2) is 0 Å². The Morgan fingerprint density at radius 3 is 2.74 bits per heavy atom. The van der Waals surface area contributed by atoms with Crippen LogP contribution in [0.2, 0.25) is 0 Å². The van der Waals surface area contributed by atoms with E-state index in [1.807, 2.05) is 53.6 Å². The van der Waals surface area contributed by atoms with Crippen molar-refractivity contribution in [3.63, 3.8) is 0 Å². The minimum Gasteiger partial charge on any atom is -0.497 e. The van der Waals surface area contributed by atoms with Crippen LogP contribution in [-0.4, -0.2) is 72.7 Å². The molecule has 1 saturated heterocycles. The van der Waals surface area contributed by atoms with Gasteiger partial charge in [0.1, 0.15) is 22.9 Å². The van der Waals surface area contributed by atoms with Crippen LogP contribution in [0.25, 0.3) is 10.2 Å². The third-order valence-electron chi connectivity index (χ3n) is 5.70. The fourth-order valence-electron chi connectivity index (χ4n) is 4.14. The number of methoxy groups -OCH3 is 2. The monoisotopic (exact) mass is 441 g/mol. The molecule has 0 saturated carbocycles. The first-order valence-corrected chi connectivity index (χ1v) is 11.2. The molecule has 1 aliphatic rings. The second-order valence-electron chi connectivity index (χ2n) is 7.77. The minimum absolute atomic E-state index is 0.00279. The molecular formula is C23H27N3O4S. The number of thiophene rings is 1. The predicted molar refractivity (Wildman–Crippen MR) is 121 cm³/mol. The van der Waals surface area contributed by atoms with E-state index in [0.717, 1.165) is 21.5 Å². The van der Waals surface area contributed by atoms with Crippen molar-refractivity contribution < 1.29 is 19.1 Å². The summed E-state index contributed by atoms with van der Waals surface area (Å²) in [5, 5.41) is 3.11. The smallest absolute Gasteiger partial charge is 0.270 e. The third-order valence-corrected chi connectivity index (χ3v) is 6.65. The van der Waals surface area contributed by atoms with E-state index >= 15 is 0 Å². The summed E-state index contributed by atoms with van der Waals surface area (Å²) in [5.74, 6) is 0.756. The molecule has 1 aromatic carbocycles. The van der Waals surface area contributed by atoms with Crippen LogP contribution in [0.5, 0.6) is 5.75 Å². The van der Waals surface area contributed by atoms with Crippen LogP contribution >= 0.6 is 11.3 Å². The predicted octanol–water partition coefficient (Wildman–Crippen LogP) is 3.08. The summed E-state index contributed by atoms with van der Waals surface area (Å²) < 4.78 is 12.4. The van der Waals surface area contributed by atoms with E-state index < -0.39 is 0 Å². The molecule has 0 bridgehead atoms. The quantitative estimate of drug-likeness (QED) is 0.590. The summed E-state index contributed by atoms with van der Waals surface area (Å²) in [6, 6.07) is 11.9. The van der Waals surface area contributed by atoms with E-state index in [1.165, 1.54) is 7.11 Å². The van der Waals surface area contributed by atoms with E-state index in [4.69, 9.17) is 9.47 Å². The first-order chi connectivity index (χ1) is 15.0. The van der Waals surface area contributed by atoms with Gasteiger partial charge in [-0.1, -0.05) is 12.1 Å². The lowest BCUT2D eigenvalue weighted by Gasteiger charge is -2.39. The Morgan fingerprint density at radius 2 is 2.00 bits per heavy atom. The number of nitrogens with zero attached hydrogens (tertiary/aromatic N) is 3. The standard InChI is InChI=1S/C23H27N3O4S/c1-16-13-24(8-9-25(16)21(27)15-29-2)22(28)20-12-18-7-10-31-23(18)26(20)14-17-5-4-6-19(11-17)30-3/h4-7,10-12,16H,8-9,13-15H2,1-3H3/t16-/m1/s1. The highest BCUT2D eigenvalue weighted by Crippen LogP contribution is 2.28. The van der Waals surface area contributed by atoms with Gasteiger partial charge in [-0.05, 0) is 42.1 Å².